The number of carbonyl (C=O) groups excluding carboxylic acids is 1. The quantitative estimate of drug-likeness (QED) is 0.386. The number of amides is 1. The van der Waals surface area contributed by atoms with Crippen molar-refractivity contribution < 1.29 is 9.53 Å². The number of halogens is 1. The monoisotopic (exact) mass is 418 g/mol. The van der Waals surface area contributed by atoms with Crippen molar-refractivity contribution >= 4 is 41.5 Å². The summed E-state index contributed by atoms with van der Waals surface area (Å²) in [6.07, 6.45) is 2.41. The van der Waals surface area contributed by atoms with Crippen LogP contribution < -0.4 is 16.0 Å². The van der Waals surface area contributed by atoms with E-state index < -0.39 is 0 Å². The van der Waals surface area contributed by atoms with Gasteiger partial charge < -0.3 is 20.7 Å². The molecular formula is C15H23IN4O2. The molecule has 1 aliphatic heterocycles. The van der Waals surface area contributed by atoms with Gasteiger partial charge in [0.25, 0.3) is 0 Å². The highest BCUT2D eigenvalue weighted by Gasteiger charge is 2.15. The Balaban J connectivity index is 0.00000242. The van der Waals surface area contributed by atoms with Gasteiger partial charge >= 0.3 is 0 Å². The number of carbonyl (C=O) groups is 1. The van der Waals surface area contributed by atoms with Gasteiger partial charge in [0.1, 0.15) is 0 Å². The van der Waals surface area contributed by atoms with Gasteiger partial charge in [0.05, 0.1) is 12.6 Å². The van der Waals surface area contributed by atoms with Crippen LogP contribution in [0.15, 0.2) is 35.3 Å². The molecule has 0 radical (unpaired) electrons. The molecule has 0 spiro atoms. The van der Waals surface area contributed by atoms with Crippen molar-refractivity contribution in [1.82, 2.24) is 10.6 Å². The highest BCUT2D eigenvalue weighted by molar-refractivity contribution is 14.0. The number of hydrogen-bond acceptors (Lipinski definition) is 3. The van der Waals surface area contributed by atoms with E-state index in [0.29, 0.717) is 12.5 Å². The molecule has 1 heterocycles. The molecule has 1 fully saturated rings. The predicted molar refractivity (Wildman–Crippen MR) is 98.8 cm³/mol. The zero-order valence-electron chi connectivity index (χ0n) is 12.7. The third-order valence-electron chi connectivity index (χ3n) is 3.22. The fourth-order valence-corrected chi connectivity index (χ4v) is 2.13. The number of nitrogens with one attached hydrogen (secondary N) is 3. The molecular weight excluding hydrogens is 395 g/mol. The zero-order chi connectivity index (χ0) is 14.9. The van der Waals surface area contributed by atoms with E-state index in [4.69, 9.17) is 4.74 Å². The fraction of sp³-hybridized carbons (Fsp3) is 0.467. The van der Waals surface area contributed by atoms with Crippen LogP contribution in [0.3, 0.4) is 0 Å². The molecule has 1 aromatic carbocycles. The largest absolute Gasteiger partial charge is 0.376 e. The summed E-state index contributed by atoms with van der Waals surface area (Å²) in [5.41, 5.74) is 0.784. The number of anilines is 1. The average Bonchev–Trinajstić information content (AvgIpc) is 3.02. The van der Waals surface area contributed by atoms with E-state index in [1.165, 1.54) is 0 Å². The number of hydrogen-bond donors (Lipinski definition) is 3. The van der Waals surface area contributed by atoms with E-state index in [0.717, 1.165) is 25.1 Å². The van der Waals surface area contributed by atoms with E-state index in [9.17, 15) is 4.79 Å². The van der Waals surface area contributed by atoms with Crippen molar-refractivity contribution in [2.45, 2.75) is 18.9 Å². The number of guanidine groups is 1. The first kappa shape index (κ1) is 18.7. The van der Waals surface area contributed by atoms with Crippen LogP contribution in [0.5, 0.6) is 0 Å². The zero-order valence-corrected chi connectivity index (χ0v) is 15.0. The summed E-state index contributed by atoms with van der Waals surface area (Å²) >= 11 is 0. The minimum Gasteiger partial charge on any atom is -0.376 e. The summed E-state index contributed by atoms with van der Waals surface area (Å²) in [5.74, 6) is 0.495. The summed E-state index contributed by atoms with van der Waals surface area (Å²) in [5, 5.41) is 8.96. The van der Waals surface area contributed by atoms with Crippen molar-refractivity contribution in [3.63, 3.8) is 0 Å². The Kier molecular flexibility index (Phi) is 8.83. The molecule has 1 amide bonds. The lowest BCUT2D eigenvalue weighted by molar-refractivity contribution is -0.115. The Hall–Kier alpha value is -1.35. The Labute approximate surface area is 148 Å². The lowest BCUT2D eigenvalue weighted by Gasteiger charge is -2.14. The SMILES string of the molecule is CN=C(NCC(=O)Nc1ccccc1)NCC1CCCO1.I. The Morgan fingerprint density at radius 1 is 1.32 bits per heavy atom. The molecule has 0 aromatic heterocycles. The highest BCUT2D eigenvalue weighted by atomic mass is 127. The molecule has 1 unspecified atom stereocenters. The second kappa shape index (κ2) is 10.4. The first-order valence-corrected chi connectivity index (χ1v) is 7.19. The number of aliphatic imine (C=N–C) groups is 1. The fourth-order valence-electron chi connectivity index (χ4n) is 2.13. The van der Waals surface area contributed by atoms with Crippen LogP contribution >= 0.6 is 24.0 Å². The van der Waals surface area contributed by atoms with Gasteiger partial charge in [-0.15, -0.1) is 24.0 Å². The van der Waals surface area contributed by atoms with Crippen LogP contribution in [0.25, 0.3) is 0 Å². The van der Waals surface area contributed by atoms with E-state index in [-0.39, 0.29) is 42.5 Å². The van der Waals surface area contributed by atoms with Crippen molar-refractivity contribution in [3.8, 4) is 0 Å². The minimum atomic E-state index is -0.110. The molecule has 2 rings (SSSR count). The number of para-hydroxylation sites is 1. The molecule has 1 aliphatic rings. The number of benzene rings is 1. The second-order valence-corrected chi connectivity index (χ2v) is 4.86. The first-order chi connectivity index (χ1) is 10.3. The molecule has 1 atom stereocenters. The van der Waals surface area contributed by atoms with Gasteiger partial charge in [-0.05, 0) is 25.0 Å². The molecule has 0 bridgehead atoms. The van der Waals surface area contributed by atoms with Gasteiger partial charge in [0.2, 0.25) is 5.91 Å². The Morgan fingerprint density at radius 2 is 2.09 bits per heavy atom. The second-order valence-electron chi connectivity index (χ2n) is 4.86. The van der Waals surface area contributed by atoms with Crippen molar-refractivity contribution in [2.24, 2.45) is 4.99 Å². The summed E-state index contributed by atoms with van der Waals surface area (Å²) in [7, 11) is 1.68. The molecule has 1 aromatic rings. The minimum absolute atomic E-state index is 0. The molecule has 7 heteroatoms. The summed E-state index contributed by atoms with van der Waals surface area (Å²) in [6, 6.07) is 9.37. The summed E-state index contributed by atoms with van der Waals surface area (Å²) in [6.45, 7) is 1.71. The predicted octanol–water partition coefficient (Wildman–Crippen LogP) is 1.59. The lowest BCUT2D eigenvalue weighted by atomic mass is 10.2. The standard InChI is InChI=1S/C15H22N4O2.HI/c1-16-15(17-10-13-8-5-9-21-13)18-11-14(20)19-12-6-3-2-4-7-12;/h2-4,6-7,13H,5,8-11H2,1H3,(H,19,20)(H2,16,17,18);1H. The van der Waals surface area contributed by atoms with Crippen LogP contribution in [0.4, 0.5) is 5.69 Å². The molecule has 22 heavy (non-hydrogen) atoms. The number of nitrogens with zero attached hydrogens (tertiary/aromatic N) is 1. The van der Waals surface area contributed by atoms with Crippen LogP contribution in [-0.2, 0) is 9.53 Å². The van der Waals surface area contributed by atoms with E-state index in [1.54, 1.807) is 7.05 Å². The topological polar surface area (TPSA) is 74.8 Å². The van der Waals surface area contributed by atoms with Gasteiger partial charge in [-0.2, -0.15) is 0 Å². The molecule has 0 saturated carbocycles. The first-order valence-electron chi connectivity index (χ1n) is 7.19. The van der Waals surface area contributed by atoms with Crippen LogP contribution in [0.2, 0.25) is 0 Å². The van der Waals surface area contributed by atoms with Crippen LogP contribution in [0.1, 0.15) is 12.8 Å². The van der Waals surface area contributed by atoms with Gasteiger partial charge in [0, 0.05) is 25.9 Å². The Morgan fingerprint density at radius 3 is 2.73 bits per heavy atom. The molecule has 1 saturated heterocycles. The third-order valence-corrected chi connectivity index (χ3v) is 3.22. The molecule has 6 nitrogen and oxygen atoms in total. The van der Waals surface area contributed by atoms with Crippen LogP contribution in [0, 0.1) is 0 Å². The van der Waals surface area contributed by atoms with Crippen molar-refractivity contribution in [2.75, 3.05) is 32.1 Å². The van der Waals surface area contributed by atoms with Crippen molar-refractivity contribution in [3.05, 3.63) is 30.3 Å². The number of rotatable bonds is 5. The van der Waals surface area contributed by atoms with Gasteiger partial charge in [-0.25, -0.2) is 0 Å². The molecule has 0 aliphatic carbocycles. The maximum atomic E-state index is 11.8. The smallest absolute Gasteiger partial charge is 0.243 e. The molecule has 3 N–H and O–H groups in total. The normalized spacial score (nSPS) is 17.5. The van der Waals surface area contributed by atoms with Crippen molar-refractivity contribution in [1.29, 1.82) is 0 Å². The third kappa shape index (κ3) is 6.61. The molecule has 122 valence electrons. The maximum Gasteiger partial charge on any atom is 0.243 e. The Bertz CT molecular complexity index is 476. The average molecular weight is 418 g/mol. The van der Waals surface area contributed by atoms with Gasteiger partial charge in [-0.3, -0.25) is 9.79 Å². The van der Waals surface area contributed by atoms with E-state index >= 15 is 0 Å². The maximum absolute atomic E-state index is 11.8. The van der Waals surface area contributed by atoms with E-state index in [2.05, 4.69) is 20.9 Å². The lowest BCUT2D eigenvalue weighted by Crippen LogP contribution is -2.43. The summed E-state index contributed by atoms with van der Waals surface area (Å²) in [4.78, 5) is 15.9. The number of ether oxygens (including phenoxy) is 1. The van der Waals surface area contributed by atoms with Gasteiger partial charge in [0.15, 0.2) is 5.96 Å². The summed E-state index contributed by atoms with van der Waals surface area (Å²) < 4.78 is 5.53. The highest BCUT2D eigenvalue weighted by Crippen LogP contribution is 2.10. The van der Waals surface area contributed by atoms with Crippen LogP contribution in [-0.4, -0.2) is 44.7 Å². The van der Waals surface area contributed by atoms with E-state index in [1.807, 2.05) is 30.3 Å². The van der Waals surface area contributed by atoms with Gasteiger partial charge in [-0.1, -0.05) is 18.2 Å².